The van der Waals surface area contributed by atoms with Crippen LogP contribution in [-0.2, 0) is 9.53 Å². The van der Waals surface area contributed by atoms with Crippen molar-refractivity contribution in [3.05, 3.63) is 0 Å². The molecule has 58 valence electrons. The minimum absolute atomic E-state index is 0.111. The van der Waals surface area contributed by atoms with Gasteiger partial charge in [-0.05, 0) is 0 Å². The molecule has 5 heteroatoms. The molecule has 0 aromatic rings. The number of aliphatic imine (C=N–C) groups is 1. The van der Waals surface area contributed by atoms with Crippen LogP contribution in [0, 0.1) is 11.5 Å². The van der Waals surface area contributed by atoms with Crippen molar-refractivity contribution >= 4 is 11.9 Å². The molecule has 1 fully saturated rings. The summed E-state index contributed by atoms with van der Waals surface area (Å²) in [4.78, 5) is 15.4. The normalized spacial score (nSPS) is 19.6. The number of carbonyl (C=O) groups excluding carboxylic acids is 1. The number of nitriles is 1. The van der Waals surface area contributed by atoms with Crippen LogP contribution in [0.1, 0.15) is 6.92 Å². The van der Waals surface area contributed by atoms with E-state index >= 15 is 0 Å². The Kier molecular flexibility index (Phi) is 2.06. The van der Waals surface area contributed by atoms with Crippen molar-refractivity contribution in [3.8, 4) is 6.19 Å². The average molecular weight is 153 g/mol. The quantitative estimate of drug-likeness (QED) is 0.449. The Morgan fingerprint density at radius 2 is 2.64 bits per heavy atom. The molecule has 1 saturated heterocycles. The molecular formula is C6H7N3O2. The number of ether oxygens (including phenoxy) is 1. The van der Waals surface area contributed by atoms with Crippen LogP contribution >= 0.6 is 0 Å². The minimum Gasteiger partial charge on any atom is -0.462 e. The van der Waals surface area contributed by atoms with E-state index in [0.717, 1.165) is 0 Å². The van der Waals surface area contributed by atoms with Crippen molar-refractivity contribution in [3.63, 3.8) is 0 Å². The molecular weight excluding hydrogens is 146 g/mol. The first-order chi connectivity index (χ1) is 5.25. The summed E-state index contributed by atoms with van der Waals surface area (Å²) in [5.74, 6) is -0.156. The molecule has 0 aromatic heterocycles. The second-order valence-corrected chi connectivity index (χ2v) is 2.01. The Labute approximate surface area is 63.9 Å². The number of nitrogens with zero attached hydrogens (tertiary/aromatic N) is 3. The van der Waals surface area contributed by atoms with Crippen LogP contribution in [0.5, 0.6) is 0 Å². The molecule has 0 N–H and O–H groups in total. The Bertz CT molecular complexity index is 241. The van der Waals surface area contributed by atoms with E-state index in [4.69, 9.17) is 10.00 Å². The van der Waals surface area contributed by atoms with Gasteiger partial charge < -0.3 is 4.74 Å². The predicted molar refractivity (Wildman–Crippen MR) is 36.4 cm³/mol. The van der Waals surface area contributed by atoms with Gasteiger partial charge in [-0.15, -0.1) is 4.99 Å². The fourth-order valence-corrected chi connectivity index (χ4v) is 0.829. The first kappa shape index (κ1) is 7.54. The van der Waals surface area contributed by atoms with Crippen molar-refractivity contribution < 1.29 is 9.53 Å². The van der Waals surface area contributed by atoms with Crippen LogP contribution in [0.3, 0.4) is 0 Å². The summed E-state index contributed by atoms with van der Waals surface area (Å²) in [7, 11) is 0. The first-order valence-electron chi connectivity index (χ1n) is 3.13. The highest BCUT2D eigenvalue weighted by molar-refractivity contribution is 5.94. The minimum atomic E-state index is -0.156. The average Bonchev–Trinajstić information content (AvgIpc) is 2.36. The zero-order chi connectivity index (χ0) is 8.27. The zero-order valence-electron chi connectivity index (χ0n) is 6.07. The van der Waals surface area contributed by atoms with Crippen LogP contribution in [0.15, 0.2) is 4.99 Å². The molecule has 1 aliphatic heterocycles. The lowest BCUT2D eigenvalue weighted by Gasteiger charge is -2.08. The van der Waals surface area contributed by atoms with Gasteiger partial charge in [0.25, 0.3) is 0 Å². The molecule has 0 aliphatic carbocycles. The largest absolute Gasteiger partial charge is 0.462 e. The topological polar surface area (TPSA) is 65.7 Å². The maximum Gasteiger partial charge on any atom is 0.309 e. The van der Waals surface area contributed by atoms with Crippen molar-refractivity contribution in [2.75, 3.05) is 13.2 Å². The SMILES string of the molecule is CC(=O)N1CCOC1=NC#N. The van der Waals surface area contributed by atoms with Gasteiger partial charge in [-0.2, -0.15) is 5.26 Å². The second kappa shape index (κ2) is 3.01. The molecule has 0 bridgehead atoms. The summed E-state index contributed by atoms with van der Waals surface area (Å²) in [6, 6.07) is 0.111. The van der Waals surface area contributed by atoms with Crippen molar-refractivity contribution in [1.82, 2.24) is 4.90 Å². The molecule has 0 saturated carbocycles. The van der Waals surface area contributed by atoms with Crippen molar-refractivity contribution in [1.29, 1.82) is 5.26 Å². The third-order valence-corrected chi connectivity index (χ3v) is 1.30. The maximum atomic E-state index is 10.8. The highest BCUT2D eigenvalue weighted by Crippen LogP contribution is 2.03. The lowest BCUT2D eigenvalue weighted by molar-refractivity contribution is -0.124. The third-order valence-electron chi connectivity index (χ3n) is 1.30. The predicted octanol–water partition coefficient (Wildman–Crippen LogP) is -0.298. The fraction of sp³-hybridized carbons (Fsp3) is 0.500. The van der Waals surface area contributed by atoms with Gasteiger partial charge in [-0.25, -0.2) is 0 Å². The highest BCUT2D eigenvalue weighted by atomic mass is 16.5. The molecule has 1 rings (SSSR count). The van der Waals surface area contributed by atoms with Gasteiger partial charge in [0.15, 0.2) is 0 Å². The smallest absolute Gasteiger partial charge is 0.309 e. The summed E-state index contributed by atoms with van der Waals surface area (Å²) in [5.41, 5.74) is 0. The molecule has 0 radical (unpaired) electrons. The van der Waals surface area contributed by atoms with E-state index in [1.165, 1.54) is 11.8 Å². The third kappa shape index (κ3) is 1.46. The number of carbonyl (C=O) groups is 1. The lowest BCUT2D eigenvalue weighted by atomic mass is 10.5. The first-order valence-corrected chi connectivity index (χ1v) is 3.13. The number of rotatable bonds is 0. The summed E-state index contributed by atoms with van der Waals surface area (Å²) in [5, 5.41) is 8.17. The molecule has 0 unspecified atom stereocenters. The summed E-state index contributed by atoms with van der Waals surface area (Å²) in [6.45, 7) is 2.30. The second-order valence-electron chi connectivity index (χ2n) is 2.01. The van der Waals surface area contributed by atoms with E-state index in [0.29, 0.717) is 13.2 Å². The van der Waals surface area contributed by atoms with Crippen LogP contribution in [0.2, 0.25) is 0 Å². The van der Waals surface area contributed by atoms with Gasteiger partial charge >= 0.3 is 6.02 Å². The van der Waals surface area contributed by atoms with Crippen LogP contribution < -0.4 is 0 Å². The molecule has 11 heavy (non-hydrogen) atoms. The van der Waals surface area contributed by atoms with E-state index in [1.54, 1.807) is 6.19 Å². The molecule has 1 aliphatic rings. The van der Waals surface area contributed by atoms with Gasteiger partial charge in [0.05, 0.1) is 6.54 Å². The Balaban J connectivity index is 2.75. The van der Waals surface area contributed by atoms with Crippen LogP contribution in [0.4, 0.5) is 0 Å². The zero-order valence-corrected chi connectivity index (χ0v) is 6.07. The summed E-state index contributed by atoms with van der Waals surface area (Å²) in [6.07, 6.45) is 1.56. The van der Waals surface area contributed by atoms with Crippen molar-refractivity contribution in [2.45, 2.75) is 6.92 Å². The summed E-state index contributed by atoms with van der Waals surface area (Å²) < 4.78 is 4.90. The van der Waals surface area contributed by atoms with Gasteiger partial charge in [0.2, 0.25) is 12.1 Å². The molecule has 1 heterocycles. The number of hydrogen-bond acceptors (Lipinski definition) is 4. The Morgan fingerprint density at radius 3 is 3.18 bits per heavy atom. The van der Waals surface area contributed by atoms with E-state index in [9.17, 15) is 4.79 Å². The lowest BCUT2D eigenvalue weighted by Crippen LogP contribution is -2.30. The molecule has 0 aromatic carbocycles. The molecule has 0 spiro atoms. The molecule has 1 amide bonds. The van der Waals surface area contributed by atoms with E-state index in [-0.39, 0.29) is 11.9 Å². The number of hydrogen-bond donors (Lipinski definition) is 0. The summed E-state index contributed by atoms with van der Waals surface area (Å²) >= 11 is 0. The highest BCUT2D eigenvalue weighted by Gasteiger charge is 2.23. The standard InChI is InChI=1S/C6H7N3O2/c1-5(10)9-2-3-11-6(9)8-4-7/h2-3H2,1H3. The van der Waals surface area contributed by atoms with Crippen molar-refractivity contribution in [2.24, 2.45) is 4.99 Å². The van der Waals surface area contributed by atoms with Crippen LogP contribution in [0.25, 0.3) is 0 Å². The van der Waals surface area contributed by atoms with Gasteiger partial charge in [0.1, 0.15) is 6.61 Å². The molecule has 5 nitrogen and oxygen atoms in total. The Hall–Kier alpha value is -1.57. The van der Waals surface area contributed by atoms with E-state index in [1.807, 2.05) is 0 Å². The Morgan fingerprint density at radius 1 is 1.91 bits per heavy atom. The van der Waals surface area contributed by atoms with E-state index < -0.39 is 0 Å². The molecule has 0 atom stereocenters. The van der Waals surface area contributed by atoms with Gasteiger partial charge in [-0.1, -0.05) is 0 Å². The van der Waals surface area contributed by atoms with Gasteiger partial charge in [0, 0.05) is 6.92 Å². The van der Waals surface area contributed by atoms with Gasteiger partial charge in [-0.3, -0.25) is 9.69 Å². The number of amidine groups is 1. The monoisotopic (exact) mass is 153 g/mol. The van der Waals surface area contributed by atoms with Crippen LogP contribution in [-0.4, -0.2) is 30.0 Å². The number of amides is 1. The van der Waals surface area contributed by atoms with E-state index in [2.05, 4.69) is 4.99 Å². The fourth-order valence-electron chi connectivity index (χ4n) is 0.829. The maximum absolute atomic E-state index is 10.8.